The van der Waals surface area contributed by atoms with Crippen LogP contribution >= 0.6 is 0 Å². The number of hydrogen-bond donors (Lipinski definition) is 1. The molecule has 5 heteroatoms. The molecule has 0 aliphatic carbocycles. The highest BCUT2D eigenvalue weighted by molar-refractivity contribution is 5.68. The van der Waals surface area contributed by atoms with Crippen molar-refractivity contribution in [3.8, 4) is 17.0 Å². The lowest BCUT2D eigenvalue weighted by Crippen LogP contribution is -1.98. The molecule has 2 rings (SSSR count). The van der Waals surface area contributed by atoms with Gasteiger partial charge in [-0.25, -0.2) is 14.4 Å². The summed E-state index contributed by atoms with van der Waals surface area (Å²) in [7, 11) is 1.48. The van der Waals surface area contributed by atoms with E-state index in [4.69, 9.17) is 10.5 Å². The molecule has 1 aromatic carbocycles. The Kier molecular flexibility index (Phi) is 2.68. The minimum atomic E-state index is -0.405. The maximum Gasteiger partial charge on any atom is 0.220 e. The van der Waals surface area contributed by atoms with Crippen molar-refractivity contribution in [2.24, 2.45) is 0 Å². The number of ether oxygens (including phenoxy) is 1. The maximum atomic E-state index is 13.7. The van der Waals surface area contributed by atoms with Crippen LogP contribution in [0.15, 0.2) is 30.5 Å². The van der Waals surface area contributed by atoms with Crippen LogP contribution in [0.4, 0.5) is 10.3 Å². The topological polar surface area (TPSA) is 61.0 Å². The van der Waals surface area contributed by atoms with Crippen LogP contribution in [-0.2, 0) is 0 Å². The van der Waals surface area contributed by atoms with Gasteiger partial charge in [0.05, 0.1) is 18.4 Å². The number of nitrogens with zero attached hydrogens (tertiary/aromatic N) is 2. The first-order chi connectivity index (χ1) is 7.72. The fourth-order valence-electron chi connectivity index (χ4n) is 1.44. The zero-order chi connectivity index (χ0) is 11.5. The molecule has 0 amide bonds. The molecule has 4 nitrogen and oxygen atoms in total. The van der Waals surface area contributed by atoms with E-state index in [0.29, 0.717) is 17.0 Å². The molecule has 0 saturated heterocycles. The second-order valence-electron chi connectivity index (χ2n) is 3.12. The number of aromatic nitrogens is 2. The van der Waals surface area contributed by atoms with Crippen molar-refractivity contribution in [3.63, 3.8) is 0 Å². The van der Waals surface area contributed by atoms with Crippen molar-refractivity contribution >= 4 is 5.95 Å². The minimum absolute atomic E-state index is 0.0998. The monoisotopic (exact) mass is 219 g/mol. The first-order valence-electron chi connectivity index (χ1n) is 4.64. The second-order valence-corrected chi connectivity index (χ2v) is 3.12. The number of rotatable bonds is 2. The van der Waals surface area contributed by atoms with Crippen LogP contribution in [0.2, 0.25) is 0 Å². The molecule has 2 N–H and O–H groups in total. The number of halogens is 1. The number of anilines is 1. The molecule has 1 aromatic heterocycles. The van der Waals surface area contributed by atoms with Gasteiger partial charge in [0.25, 0.3) is 0 Å². The minimum Gasteiger partial charge on any atom is -0.496 e. The van der Waals surface area contributed by atoms with E-state index >= 15 is 0 Å². The second kappa shape index (κ2) is 4.14. The quantitative estimate of drug-likeness (QED) is 0.837. The van der Waals surface area contributed by atoms with E-state index in [1.807, 2.05) is 0 Å². The van der Waals surface area contributed by atoms with Crippen molar-refractivity contribution in [1.29, 1.82) is 0 Å². The maximum absolute atomic E-state index is 13.7. The van der Waals surface area contributed by atoms with Gasteiger partial charge < -0.3 is 10.5 Å². The predicted octanol–water partition coefficient (Wildman–Crippen LogP) is 1.87. The molecule has 0 atom stereocenters. The summed E-state index contributed by atoms with van der Waals surface area (Å²) in [6, 6.07) is 6.16. The molecule has 0 spiro atoms. The number of nitrogens with two attached hydrogens (primary N) is 1. The molecule has 0 aliphatic heterocycles. The summed E-state index contributed by atoms with van der Waals surface area (Å²) < 4.78 is 18.8. The first kappa shape index (κ1) is 10.4. The smallest absolute Gasteiger partial charge is 0.220 e. The molecule has 0 fully saturated rings. The molecule has 16 heavy (non-hydrogen) atoms. The average molecular weight is 219 g/mol. The van der Waals surface area contributed by atoms with Crippen LogP contribution in [-0.4, -0.2) is 17.1 Å². The standard InChI is InChI=1S/C11H10FN3O/c1-16-9-4-2-3-7(12)10(9)8-5-6-14-11(13)15-8/h2-6H,1H3,(H2,13,14,15). The molecule has 0 saturated carbocycles. The Morgan fingerprint density at radius 2 is 2.12 bits per heavy atom. The molecule has 0 aliphatic rings. The van der Waals surface area contributed by atoms with Gasteiger partial charge in [0.2, 0.25) is 5.95 Å². The van der Waals surface area contributed by atoms with Gasteiger partial charge >= 0.3 is 0 Å². The molecular formula is C11H10FN3O. The number of methoxy groups -OCH3 is 1. The molecular weight excluding hydrogens is 209 g/mol. The Bertz CT molecular complexity index is 516. The summed E-state index contributed by atoms with van der Waals surface area (Å²) >= 11 is 0. The van der Waals surface area contributed by atoms with Crippen molar-refractivity contribution in [2.75, 3.05) is 12.8 Å². The van der Waals surface area contributed by atoms with E-state index in [-0.39, 0.29) is 5.95 Å². The Hall–Kier alpha value is -2.17. The fraction of sp³-hybridized carbons (Fsp3) is 0.0909. The van der Waals surface area contributed by atoms with Crippen LogP contribution in [0.5, 0.6) is 5.75 Å². The van der Waals surface area contributed by atoms with Gasteiger partial charge in [-0.3, -0.25) is 0 Å². The zero-order valence-corrected chi connectivity index (χ0v) is 8.64. The van der Waals surface area contributed by atoms with Crippen molar-refractivity contribution in [3.05, 3.63) is 36.3 Å². The van der Waals surface area contributed by atoms with Crippen LogP contribution in [0.3, 0.4) is 0 Å². The van der Waals surface area contributed by atoms with E-state index in [9.17, 15) is 4.39 Å². The third-order valence-corrected chi connectivity index (χ3v) is 2.13. The summed E-state index contributed by atoms with van der Waals surface area (Å²) in [6.45, 7) is 0. The highest BCUT2D eigenvalue weighted by Gasteiger charge is 2.12. The van der Waals surface area contributed by atoms with Crippen molar-refractivity contribution in [2.45, 2.75) is 0 Å². The van der Waals surface area contributed by atoms with E-state index < -0.39 is 5.82 Å². The predicted molar refractivity (Wildman–Crippen MR) is 58.4 cm³/mol. The van der Waals surface area contributed by atoms with Crippen LogP contribution in [0, 0.1) is 5.82 Å². The summed E-state index contributed by atoms with van der Waals surface area (Å²) in [5.74, 6) is 0.110. The van der Waals surface area contributed by atoms with Crippen molar-refractivity contribution < 1.29 is 9.13 Å². The Balaban J connectivity index is 2.63. The van der Waals surface area contributed by atoms with E-state index in [0.717, 1.165) is 0 Å². The number of hydrogen-bond acceptors (Lipinski definition) is 4. The fourth-order valence-corrected chi connectivity index (χ4v) is 1.44. The highest BCUT2D eigenvalue weighted by atomic mass is 19.1. The Labute approximate surface area is 91.9 Å². The lowest BCUT2D eigenvalue weighted by Gasteiger charge is -2.08. The van der Waals surface area contributed by atoms with Crippen LogP contribution in [0.25, 0.3) is 11.3 Å². The Morgan fingerprint density at radius 3 is 2.81 bits per heavy atom. The molecule has 0 unspecified atom stereocenters. The molecule has 2 aromatic rings. The third kappa shape index (κ3) is 1.79. The lowest BCUT2D eigenvalue weighted by molar-refractivity contribution is 0.413. The third-order valence-electron chi connectivity index (χ3n) is 2.13. The largest absolute Gasteiger partial charge is 0.496 e. The van der Waals surface area contributed by atoms with Gasteiger partial charge in [0, 0.05) is 6.20 Å². The first-order valence-corrected chi connectivity index (χ1v) is 4.64. The molecule has 0 bridgehead atoms. The SMILES string of the molecule is COc1cccc(F)c1-c1ccnc(N)n1. The zero-order valence-electron chi connectivity index (χ0n) is 8.64. The van der Waals surface area contributed by atoms with E-state index in [1.165, 1.54) is 19.4 Å². The van der Waals surface area contributed by atoms with E-state index in [2.05, 4.69) is 9.97 Å². The normalized spacial score (nSPS) is 10.1. The van der Waals surface area contributed by atoms with Gasteiger partial charge in [-0.15, -0.1) is 0 Å². The summed E-state index contributed by atoms with van der Waals surface area (Å²) in [5.41, 5.74) is 6.15. The van der Waals surface area contributed by atoms with Gasteiger partial charge in [-0.1, -0.05) is 6.07 Å². The summed E-state index contributed by atoms with van der Waals surface area (Å²) in [4.78, 5) is 7.71. The highest BCUT2D eigenvalue weighted by Crippen LogP contribution is 2.30. The van der Waals surface area contributed by atoms with Gasteiger partial charge in [-0.2, -0.15) is 0 Å². The molecule has 0 radical (unpaired) electrons. The molecule has 1 heterocycles. The average Bonchev–Trinajstić information content (AvgIpc) is 2.28. The van der Waals surface area contributed by atoms with Gasteiger partial charge in [0.1, 0.15) is 11.6 Å². The lowest BCUT2D eigenvalue weighted by atomic mass is 10.1. The van der Waals surface area contributed by atoms with Gasteiger partial charge in [0.15, 0.2) is 0 Å². The number of benzene rings is 1. The van der Waals surface area contributed by atoms with E-state index in [1.54, 1.807) is 18.2 Å². The van der Waals surface area contributed by atoms with Crippen LogP contribution < -0.4 is 10.5 Å². The number of nitrogen functional groups attached to an aromatic ring is 1. The summed E-state index contributed by atoms with van der Waals surface area (Å²) in [5, 5.41) is 0. The van der Waals surface area contributed by atoms with Crippen LogP contribution in [0.1, 0.15) is 0 Å². The van der Waals surface area contributed by atoms with Gasteiger partial charge in [-0.05, 0) is 18.2 Å². The molecule has 82 valence electrons. The summed E-state index contributed by atoms with van der Waals surface area (Å²) in [6.07, 6.45) is 1.48. The van der Waals surface area contributed by atoms with Crippen molar-refractivity contribution in [1.82, 2.24) is 9.97 Å². The Morgan fingerprint density at radius 1 is 1.31 bits per heavy atom.